The second-order valence-corrected chi connectivity index (χ2v) is 7.42. The molecule has 1 unspecified atom stereocenters. The van der Waals surface area contributed by atoms with Crippen LogP contribution in [0.3, 0.4) is 0 Å². The zero-order chi connectivity index (χ0) is 17.2. The second kappa shape index (κ2) is 12.8. The van der Waals surface area contributed by atoms with E-state index in [2.05, 4.69) is 39.4 Å². The Bertz CT molecular complexity index is 505. The van der Waals surface area contributed by atoms with Crippen molar-refractivity contribution in [1.82, 2.24) is 20.5 Å². The van der Waals surface area contributed by atoms with E-state index in [9.17, 15) is 0 Å². The summed E-state index contributed by atoms with van der Waals surface area (Å²) in [6.07, 6.45) is 3.99. The van der Waals surface area contributed by atoms with Gasteiger partial charge in [0.05, 0.1) is 18.2 Å². The Hall–Kier alpha value is -0.450. The Kier molecular flexibility index (Phi) is 11.6. The molecule has 2 rings (SSSR count). The minimum Gasteiger partial charge on any atom is -0.379 e. The summed E-state index contributed by atoms with van der Waals surface area (Å²) in [5.74, 6) is 1.45. The van der Waals surface area contributed by atoms with Crippen LogP contribution in [0, 0.1) is 5.92 Å². The summed E-state index contributed by atoms with van der Waals surface area (Å²) in [5, 5.41) is 7.99. The number of nitrogens with one attached hydrogen (secondary N) is 2. The van der Waals surface area contributed by atoms with E-state index >= 15 is 0 Å². The molecule has 2 N–H and O–H groups in total. The van der Waals surface area contributed by atoms with E-state index in [1.165, 1.54) is 9.88 Å². The van der Waals surface area contributed by atoms with Crippen molar-refractivity contribution in [3.05, 3.63) is 16.1 Å². The number of aliphatic imine (C=N–C) groups is 1. The minimum absolute atomic E-state index is 0. The minimum atomic E-state index is 0. The van der Waals surface area contributed by atoms with Crippen molar-refractivity contribution in [2.45, 2.75) is 26.7 Å². The fourth-order valence-electron chi connectivity index (χ4n) is 2.70. The molecule has 0 aromatic carbocycles. The summed E-state index contributed by atoms with van der Waals surface area (Å²) in [7, 11) is 1.82. The third-order valence-corrected chi connectivity index (χ3v) is 5.30. The Morgan fingerprint density at radius 1 is 1.40 bits per heavy atom. The molecule has 1 aromatic heterocycles. The smallest absolute Gasteiger partial charge is 0.190 e. The molecule has 1 aliphatic heterocycles. The van der Waals surface area contributed by atoms with E-state index in [0.717, 1.165) is 64.7 Å². The number of aryl methyl sites for hydroxylation is 1. The molecule has 6 nitrogen and oxygen atoms in total. The van der Waals surface area contributed by atoms with Crippen LogP contribution in [-0.4, -0.2) is 68.8 Å². The number of hydrogen-bond donors (Lipinski definition) is 2. The maximum absolute atomic E-state index is 5.40. The molecule has 2 heterocycles. The molecule has 1 fully saturated rings. The molecule has 25 heavy (non-hydrogen) atoms. The van der Waals surface area contributed by atoms with Gasteiger partial charge in [-0.15, -0.1) is 35.3 Å². The summed E-state index contributed by atoms with van der Waals surface area (Å²) in [6, 6.07) is 0. The van der Waals surface area contributed by atoms with Gasteiger partial charge in [0.1, 0.15) is 0 Å². The summed E-state index contributed by atoms with van der Waals surface area (Å²) < 4.78 is 5.40. The quantitative estimate of drug-likeness (QED) is 0.338. The number of halogens is 1. The van der Waals surface area contributed by atoms with Gasteiger partial charge in [0.25, 0.3) is 0 Å². The van der Waals surface area contributed by atoms with Gasteiger partial charge in [0, 0.05) is 57.3 Å². The first-order chi connectivity index (χ1) is 11.7. The van der Waals surface area contributed by atoms with Crippen LogP contribution < -0.4 is 10.6 Å². The molecule has 0 saturated carbocycles. The highest BCUT2D eigenvalue weighted by Crippen LogP contribution is 2.13. The summed E-state index contributed by atoms with van der Waals surface area (Å²) in [6.45, 7) is 11.1. The van der Waals surface area contributed by atoms with E-state index in [1.54, 1.807) is 11.3 Å². The van der Waals surface area contributed by atoms with Crippen molar-refractivity contribution in [2.24, 2.45) is 10.9 Å². The first-order valence-electron chi connectivity index (χ1n) is 8.89. The third-order valence-electron chi connectivity index (χ3n) is 4.10. The van der Waals surface area contributed by atoms with Gasteiger partial charge < -0.3 is 15.4 Å². The lowest BCUT2D eigenvalue weighted by molar-refractivity contribution is 0.0320. The van der Waals surface area contributed by atoms with Gasteiger partial charge in [-0.2, -0.15) is 0 Å². The van der Waals surface area contributed by atoms with Crippen molar-refractivity contribution in [3.8, 4) is 0 Å². The first-order valence-corrected chi connectivity index (χ1v) is 9.71. The van der Waals surface area contributed by atoms with Gasteiger partial charge in [-0.05, 0) is 12.3 Å². The number of aromatic nitrogens is 1. The highest BCUT2D eigenvalue weighted by Gasteiger charge is 2.13. The summed E-state index contributed by atoms with van der Waals surface area (Å²) in [4.78, 5) is 12.6. The molecule has 144 valence electrons. The normalized spacial score (nSPS) is 17.0. The lowest BCUT2D eigenvalue weighted by Crippen LogP contribution is -2.44. The number of rotatable bonds is 8. The number of guanidine groups is 1. The lowest BCUT2D eigenvalue weighted by atomic mass is 10.1. The number of ether oxygens (including phenoxy) is 1. The highest BCUT2D eigenvalue weighted by atomic mass is 127. The van der Waals surface area contributed by atoms with E-state index in [1.807, 2.05) is 13.2 Å². The predicted molar refractivity (Wildman–Crippen MR) is 116 cm³/mol. The van der Waals surface area contributed by atoms with Gasteiger partial charge >= 0.3 is 0 Å². The van der Waals surface area contributed by atoms with Crippen LogP contribution in [-0.2, 0) is 17.6 Å². The molecule has 1 saturated heterocycles. The Morgan fingerprint density at radius 2 is 2.16 bits per heavy atom. The highest BCUT2D eigenvalue weighted by molar-refractivity contribution is 14.0. The first kappa shape index (κ1) is 22.6. The molecule has 0 amide bonds. The average molecular weight is 481 g/mol. The molecule has 0 aliphatic carbocycles. The third kappa shape index (κ3) is 8.65. The zero-order valence-electron chi connectivity index (χ0n) is 15.6. The molecule has 1 atom stereocenters. The second-order valence-electron chi connectivity index (χ2n) is 6.22. The topological polar surface area (TPSA) is 61.8 Å². The van der Waals surface area contributed by atoms with Gasteiger partial charge in [0.15, 0.2) is 5.96 Å². The SMILES string of the molecule is CCc1cnc(CCNC(=NC)NCC(C)CN2CCOCC2)s1.I. The van der Waals surface area contributed by atoms with Crippen LogP contribution in [0.2, 0.25) is 0 Å². The van der Waals surface area contributed by atoms with E-state index in [4.69, 9.17) is 4.74 Å². The number of morpholine rings is 1. The molecule has 1 aromatic rings. The largest absolute Gasteiger partial charge is 0.379 e. The van der Waals surface area contributed by atoms with Gasteiger partial charge in [-0.3, -0.25) is 9.89 Å². The Balaban J connectivity index is 0.00000312. The van der Waals surface area contributed by atoms with Crippen LogP contribution >= 0.6 is 35.3 Å². The van der Waals surface area contributed by atoms with Crippen LogP contribution in [0.1, 0.15) is 23.7 Å². The van der Waals surface area contributed by atoms with Crippen molar-refractivity contribution >= 4 is 41.3 Å². The molecule has 0 bridgehead atoms. The van der Waals surface area contributed by atoms with Crippen LogP contribution in [0.15, 0.2) is 11.2 Å². The predicted octanol–water partition coefficient (Wildman–Crippen LogP) is 2.00. The molecule has 8 heteroatoms. The monoisotopic (exact) mass is 481 g/mol. The molecule has 0 spiro atoms. The molecular formula is C17H32IN5OS. The van der Waals surface area contributed by atoms with Crippen molar-refractivity contribution in [2.75, 3.05) is 53.0 Å². The van der Waals surface area contributed by atoms with Crippen LogP contribution in [0.25, 0.3) is 0 Å². The number of nitrogens with zero attached hydrogens (tertiary/aromatic N) is 3. The van der Waals surface area contributed by atoms with Crippen molar-refractivity contribution in [3.63, 3.8) is 0 Å². The average Bonchev–Trinajstić information content (AvgIpc) is 3.07. The summed E-state index contributed by atoms with van der Waals surface area (Å²) >= 11 is 1.80. The fraction of sp³-hybridized carbons (Fsp3) is 0.765. The fourth-order valence-corrected chi connectivity index (χ4v) is 3.56. The standard InChI is InChI=1S/C17H31N5OS.HI/c1-4-15-12-20-16(24-15)5-6-19-17(18-3)21-11-14(2)13-22-7-9-23-10-8-22;/h12,14H,4-11,13H2,1-3H3,(H2,18,19,21);1H. The van der Waals surface area contributed by atoms with E-state index < -0.39 is 0 Å². The number of hydrogen-bond acceptors (Lipinski definition) is 5. The summed E-state index contributed by atoms with van der Waals surface area (Å²) in [5.41, 5.74) is 0. The number of thiazole rings is 1. The van der Waals surface area contributed by atoms with Crippen molar-refractivity contribution in [1.29, 1.82) is 0 Å². The zero-order valence-corrected chi connectivity index (χ0v) is 18.7. The van der Waals surface area contributed by atoms with Gasteiger partial charge in [0.2, 0.25) is 0 Å². The molecule has 0 radical (unpaired) electrons. The molecular weight excluding hydrogens is 449 g/mol. The van der Waals surface area contributed by atoms with Crippen molar-refractivity contribution < 1.29 is 4.74 Å². The van der Waals surface area contributed by atoms with Gasteiger partial charge in [-0.25, -0.2) is 4.98 Å². The Labute approximate surface area is 172 Å². The van der Waals surface area contributed by atoms with Crippen LogP contribution in [0.5, 0.6) is 0 Å². The maximum atomic E-state index is 5.40. The van der Waals surface area contributed by atoms with E-state index in [-0.39, 0.29) is 24.0 Å². The lowest BCUT2D eigenvalue weighted by Gasteiger charge is -2.29. The van der Waals surface area contributed by atoms with Crippen LogP contribution in [0.4, 0.5) is 0 Å². The Morgan fingerprint density at radius 3 is 2.80 bits per heavy atom. The van der Waals surface area contributed by atoms with Gasteiger partial charge in [-0.1, -0.05) is 13.8 Å². The molecule has 1 aliphatic rings. The van der Waals surface area contributed by atoms with E-state index in [0.29, 0.717) is 5.92 Å². The maximum Gasteiger partial charge on any atom is 0.190 e.